The third-order valence-corrected chi connectivity index (χ3v) is 4.96. The van der Waals surface area contributed by atoms with Gasteiger partial charge in [0.1, 0.15) is 0 Å². The third kappa shape index (κ3) is 3.52. The fraction of sp³-hybridized carbons (Fsp3) is 0.667. The zero-order chi connectivity index (χ0) is 14.7. The number of nitrogens with zero attached hydrogens (tertiary/aromatic N) is 2. The summed E-state index contributed by atoms with van der Waals surface area (Å²) >= 11 is 0. The zero-order valence-corrected chi connectivity index (χ0v) is 13.5. The summed E-state index contributed by atoms with van der Waals surface area (Å²) in [5.41, 5.74) is 2.73. The monoisotopic (exact) mass is 287 g/mol. The Kier molecular flexibility index (Phi) is 4.69. The highest BCUT2D eigenvalue weighted by molar-refractivity contribution is 5.56. The van der Waals surface area contributed by atoms with Crippen molar-refractivity contribution in [3.8, 4) is 0 Å². The molecule has 2 aliphatic rings. The molecule has 1 aromatic carbocycles. The summed E-state index contributed by atoms with van der Waals surface area (Å²) in [4.78, 5) is 4.98. The molecule has 1 aliphatic heterocycles. The molecule has 1 aromatic rings. The molecular formula is C18H29N3. The molecule has 1 heterocycles. The number of nitrogens with one attached hydrogen (secondary N) is 1. The Balaban J connectivity index is 1.69. The van der Waals surface area contributed by atoms with Crippen LogP contribution in [-0.2, 0) is 0 Å². The van der Waals surface area contributed by atoms with Crippen LogP contribution in [-0.4, -0.2) is 38.8 Å². The van der Waals surface area contributed by atoms with E-state index in [4.69, 9.17) is 0 Å². The van der Waals surface area contributed by atoms with Crippen molar-refractivity contribution in [2.45, 2.75) is 39.2 Å². The first kappa shape index (κ1) is 14.7. The second kappa shape index (κ2) is 6.69. The second-order valence-corrected chi connectivity index (χ2v) is 6.39. The number of rotatable bonds is 5. The fourth-order valence-corrected chi connectivity index (χ4v) is 3.46. The number of hydrogen-bond acceptors (Lipinski definition) is 3. The van der Waals surface area contributed by atoms with Gasteiger partial charge in [-0.1, -0.05) is 0 Å². The topological polar surface area (TPSA) is 18.5 Å². The lowest BCUT2D eigenvalue weighted by Gasteiger charge is -2.28. The maximum absolute atomic E-state index is 3.74. The van der Waals surface area contributed by atoms with Crippen molar-refractivity contribution >= 4 is 11.4 Å². The average Bonchev–Trinajstić information content (AvgIpc) is 3.35. The number of hydrogen-bond donors (Lipinski definition) is 1. The van der Waals surface area contributed by atoms with Crippen LogP contribution in [0.15, 0.2) is 24.3 Å². The first-order valence-corrected chi connectivity index (χ1v) is 8.65. The summed E-state index contributed by atoms with van der Waals surface area (Å²) in [5.74, 6) is 0.931. The van der Waals surface area contributed by atoms with Gasteiger partial charge in [-0.25, -0.2) is 0 Å². The van der Waals surface area contributed by atoms with Gasteiger partial charge in [-0.3, -0.25) is 0 Å². The van der Waals surface area contributed by atoms with Gasteiger partial charge in [0.25, 0.3) is 0 Å². The summed E-state index contributed by atoms with van der Waals surface area (Å²) in [6.07, 6.45) is 4.10. The van der Waals surface area contributed by atoms with Crippen LogP contribution in [0.2, 0.25) is 0 Å². The van der Waals surface area contributed by atoms with E-state index < -0.39 is 0 Å². The summed E-state index contributed by atoms with van der Waals surface area (Å²) in [6, 6.07) is 9.89. The lowest BCUT2D eigenvalue weighted by Crippen LogP contribution is -2.39. The maximum Gasteiger partial charge on any atom is 0.0368 e. The predicted molar refractivity (Wildman–Crippen MR) is 91.3 cm³/mol. The lowest BCUT2D eigenvalue weighted by atomic mass is 10.1. The Bertz CT molecular complexity index is 434. The van der Waals surface area contributed by atoms with Crippen LogP contribution >= 0.6 is 0 Å². The van der Waals surface area contributed by atoms with Crippen LogP contribution < -0.4 is 15.1 Å². The van der Waals surface area contributed by atoms with Gasteiger partial charge in [-0.15, -0.1) is 0 Å². The molecule has 3 rings (SSSR count). The molecule has 21 heavy (non-hydrogen) atoms. The Morgan fingerprint density at radius 1 is 1.14 bits per heavy atom. The first-order chi connectivity index (χ1) is 10.3. The van der Waals surface area contributed by atoms with Gasteiger partial charge in [0.15, 0.2) is 0 Å². The van der Waals surface area contributed by atoms with E-state index in [1.807, 2.05) is 0 Å². The normalized spacial score (nSPS) is 23.0. The quantitative estimate of drug-likeness (QED) is 0.897. The molecule has 1 saturated carbocycles. The standard InChI is InChI=1S/C18H29N3/c1-3-20(4-2)16-8-10-17(11-9-16)21-13-5-12-19-18(14-21)15-6-7-15/h8-11,15,18-19H,3-7,12-14H2,1-2H3. The smallest absolute Gasteiger partial charge is 0.0368 e. The molecule has 1 aliphatic carbocycles. The molecule has 0 bridgehead atoms. The maximum atomic E-state index is 3.74. The molecule has 1 saturated heterocycles. The third-order valence-electron chi connectivity index (χ3n) is 4.96. The van der Waals surface area contributed by atoms with Gasteiger partial charge in [-0.05, 0) is 69.8 Å². The average molecular weight is 287 g/mol. The first-order valence-electron chi connectivity index (χ1n) is 8.65. The van der Waals surface area contributed by atoms with E-state index >= 15 is 0 Å². The van der Waals surface area contributed by atoms with Crippen LogP contribution in [0.5, 0.6) is 0 Å². The van der Waals surface area contributed by atoms with Crippen LogP contribution in [0.3, 0.4) is 0 Å². The van der Waals surface area contributed by atoms with Crippen molar-refractivity contribution in [1.29, 1.82) is 0 Å². The highest BCUT2D eigenvalue weighted by atomic mass is 15.2. The van der Waals surface area contributed by atoms with Gasteiger partial charge < -0.3 is 15.1 Å². The SMILES string of the molecule is CCN(CC)c1ccc(N2CCCNC(C3CC3)C2)cc1. The van der Waals surface area contributed by atoms with Gasteiger partial charge in [0, 0.05) is 43.6 Å². The molecule has 0 amide bonds. The summed E-state index contributed by atoms with van der Waals surface area (Å²) in [6.45, 7) is 10.1. The van der Waals surface area contributed by atoms with E-state index in [-0.39, 0.29) is 0 Å². The van der Waals surface area contributed by atoms with Crippen molar-refractivity contribution in [2.75, 3.05) is 42.5 Å². The molecule has 3 nitrogen and oxygen atoms in total. The largest absolute Gasteiger partial charge is 0.372 e. The van der Waals surface area contributed by atoms with E-state index in [1.165, 1.54) is 50.3 Å². The van der Waals surface area contributed by atoms with Crippen LogP contribution in [0.1, 0.15) is 33.1 Å². The summed E-state index contributed by atoms with van der Waals surface area (Å²) in [5, 5.41) is 3.74. The molecule has 116 valence electrons. The van der Waals surface area contributed by atoms with E-state index in [2.05, 4.69) is 53.2 Å². The van der Waals surface area contributed by atoms with Crippen LogP contribution in [0.4, 0.5) is 11.4 Å². The van der Waals surface area contributed by atoms with Gasteiger partial charge >= 0.3 is 0 Å². The fourth-order valence-electron chi connectivity index (χ4n) is 3.46. The molecule has 1 atom stereocenters. The minimum atomic E-state index is 0.704. The molecular weight excluding hydrogens is 258 g/mol. The van der Waals surface area contributed by atoms with E-state index in [9.17, 15) is 0 Å². The van der Waals surface area contributed by atoms with Crippen LogP contribution in [0.25, 0.3) is 0 Å². The van der Waals surface area contributed by atoms with Crippen molar-refractivity contribution in [1.82, 2.24) is 5.32 Å². The van der Waals surface area contributed by atoms with Gasteiger partial charge in [-0.2, -0.15) is 0 Å². The number of anilines is 2. The molecule has 2 fully saturated rings. The van der Waals surface area contributed by atoms with Gasteiger partial charge in [0.2, 0.25) is 0 Å². The Morgan fingerprint density at radius 3 is 2.48 bits per heavy atom. The Labute approximate surface area is 129 Å². The Morgan fingerprint density at radius 2 is 1.86 bits per heavy atom. The minimum absolute atomic E-state index is 0.704. The predicted octanol–water partition coefficient (Wildman–Crippen LogP) is 3.11. The van der Waals surface area contributed by atoms with Crippen molar-refractivity contribution in [2.24, 2.45) is 5.92 Å². The minimum Gasteiger partial charge on any atom is -0.372 e. The van der Waals surface area contributed by atoms with Crippen LogP contribution in [0, 0.1) is 5.92 Å². The highest BCUT2D eigenvalue weighted by Crippen LogP contribution is 2.34. The van der Waals surface area contributed by atoms with Crippen molar-refractivity contribution in [3.05, 3.63) is 24.3 Å². The lowest BCUT2D eigenvalue weighted by molar-refractivity contribution is 0.490. The molecule has 1 N–H and O–H groups in total. The number of benzene rings is 1. The molecule has 0 spiro atoms. The summed E-state index contributed by atoms with van der Waals surface area (Å²) < 4.78 is 0. The Hall–Kier alpha value is -1.22. The summed E-state index contributed by atoms with van der Waals surface area (Å²) in [7, 11) is 0. The van der Waals surface area contributed by atoms with E-state index in [0.717, 1.165) is 19.0 Å². The molecule has 0 radical (unpaired) electrons. The molecule has 0 aromatic heterocycles. The molecule has 3 heteroatoms. The van der Waals surface area contributed by atoms with Gasteiger partial charge in [0.05, 0.1) is 0 Å². The zero-order valence-electron chi connectivity index (χ0n) is 13.5. The van der Waals surface area contributed by atoms with Crippen molar-refractivity contribution < 1.29 is 0 Å². The second-order valence-electron chi connectivity index (χ2n) is 6.39. The van der Waals surface area contributed by atoms with Crippen molar-refractivity contribution in [3.63, 3.8) is 0 Å². The highest BCUT2D eigenvalue weighted by Gasteiger charge is 2.33. The van der Waals surface area contributed by atoms with E-state index in [0.29, 0.717) is 6.04 Å². The molecule has 1 unspecified atom stereocenters. The van der Waals surface area contributed by atoms with E-state index in [1.54, 1.807) is 0 Å².